The standard InChI is InChI=1S/C13H14N2O4/c16-7-13(4-1-5-13)15-12-14-9-3-2-8(11(17)18)6-10(9)19-12/h2-3,6,16H,1,4-5,7H2,(H,14,15)(H,17,18). The molecular weight excluding hydrogens is 248 g/mol. The molecule has 1 fully saturated rings. The molecule has 0 atom stereocenters. The number of hydrogen-bond acceptors (Lipinski definition) is 5. The summed E-state index contributed by atoms with van der Waals surface area (Å²) in [4.78, 5) is 15.1. The zero-order valence-electron chi connectivity index (χ0n) is 10.2. The fourth-order valence-electron chi connectivity index (χ4n) is 2.26. The summed E-state index contributed by atoms with van der Waals surface area (Å²) in [5.41, 5.74) is 0.849. The van der Waals surface area contributed by atoms with Crippen LogP contribution in [0, 0.1) is 0 Å². The second kappa shape index (κ2) is 4.24. The van der Waals surface area contributed by atoms with Crippen molar-refractivity contribution in [2.75, 3.05) is 11.9 Å². The van der Waals surface area contributed by atoms with Gasteiger partial charge < -0.3 is 19.9 Å². The molecule has 0 radical (unpaired) electrons. The Balaban J connectivity index is 1.91. The summed E-state index contributed by atoms with van der Waals surface area (Å²) < 4.78 is 5.50. The lowest BCUT2D eigenvalue weighted by atomic mass is 9.77. The zero-order valence-corrected chi connectivity index (χ0v) is 10.2. The highest BCUT2D eigenvalue weighted by atomic mass is 16.4. The molecule has 0 unspecified atom stereocenters. The molecule has 19 heavy (non-hydrogen) atoms. The summed E-state index contributed by atoms with van der Waals surface area (Å²) in [6, 6.07) is 4.87. The Morgan fingerprint density at radius 1 is 1.47 bits per heavy atom. The normalized spacial score (nSPS) is 17.1. The molecule has 100 valence electrons. The fourth-order valence-corrected chi connectivity index (χ4v) is 2.26. The summed E-state index contributed by atoms with van der Waals surface area (Å²) in [7, 11) is 0. The summed E-state index contributed by atoms with van der Waals surface area (Å²) in [6.07, 6.45) is 2.82. The van der Waals surface area contributed by atoms with Gasteiger partial charge in [0.05, 0.1) is 17.7 Å². The SMILES string of the molecule is O=C(O)c1ccc2nc(NC3(CO)CCC3)oc2c1. The van der Waals surface area contributed by atoms with Crippen molar-refractivity contribution < 1.29 is 19.4 Å². The summed E-state index contributed by atoms with van der Waals surface area (Å²) in [6.45, 7) is 0.0338. The van der Waals surface area contributed by atoms with Gasteiger partial charge in [0.1, 0.15) is 5.52 Å². The van der Waals surface area contributed by atoms with E-state index in [1.807, 2.05) is 0 Å². The topological polar surface area (TPSA) is 95.6 Å². The Morgan fingerprint density at radius 3 is 2.84 bits per heavy atom. The monoisotopic (exact) mass is 262 g/mol. The van der Waals surface area contributed by atoms with Crippen LogP contribution in [0.25, 0.3) is 11.1 Å². The summed E-state index contributed by atoms with van der Waals surface area (Å²) in [5, 5.41) is 21.4. The van der Waals surface area contributed by atoms with E-state index in [0.717, 1.165) is 19.3 Å². The van der Waals surface area contributed by atoms with E-state index in [2.05, 4.69) is 10.3 Å². The number of rotatable bonds is 4. The van der Waals surface area contributed by atoms with Gasteiger partial charge in [0.15, 0.2) is 5.58 Å². The average molecular weight is 262 g/mol. The van der Waals surface area contributed by atoms with E-state index >= 15 is 0 Å². The van der Waals surface area contributed by atoms with Crippen molar-refractivity contribution in [3.05, 3.63) is 23.8 Å². The first-order chi connectivity index (χ1) is 9.12. The van der Waals surface area contributed by atoms with Crippen LogP contribution in [0.15, 0.2) is 22.6 Å². The first-order valence-electron chi connectivity index (χ1n) is 6.15. The Kier molecular flexibility index (Phi) is 2.67. The fraction of sp³-hybridized carbons (Fsp3) is 0.385. The number of hydrogen-bond donors (Lipinski definition) is 3. The van der Waals surface area contributed by atoms with Gasteiger partial charge in [-0.15, -0.1) is 0 Å². The van der Waals surface area contributed by atoms with E-state index in [1.165, 1.54) is 12.1 Å². The number of fused-ring (bicyclic) bond motifs is 1. The highest BCUT2D eigenvalue weighted by Gasteiger charge is 2.37. The summed E-state index contributed by atoms with van der Waals surface area (Å²) >= 11 is 0. The molecule has 0 saturated heterocycles. The van der Waals surface area contributed by atoms with Crippen molar-refractivity contribution in [3.63, 3.8) is 0 Å². The van der Waals surface area contributed by atoms with Crippen molar-refractivity contribution in [2.45, 2.75) is 24.8 Å². The predicted molar refractivity (Wildman–Crippen MR) is 68.3 cm³/mol. The minimum atomic E-state index is -1.00. The van der Waals surface area contributed by atoms with E-state index in [4.69, 9.17) is 9.52 Å². The molecule has 1 aromatic heterocycles. The number of aliphatic hydroxyl groups excluding tert-OH is 1. The average Bonchev–Trinajstić information content (AvgIpc) is 2.74. The van der Waals surface area contributed by atoms with Crippen molar-refractivity contribution in [1.29, 1.82) is 0 Å². The van der Waals surface area contributed by atoms with Gasteiger partial charge in [-0.05, 0) is 37.5 Å². The molecule has 1 aliphatic carbocycles. The lowest BCUT2D eigenvalue weighted by Gasteiger charge is -2.40. The van der Waals surface area contributed by atoms with E-state index in [0.29, 0.717) is 17.1 Å². The predicted octanol–water partition coefficient (Wildman–Crippen LogP) is 1.85. The number of aliphatic hydroxyl groups is 1. The smallest absolute Gasteiger partial charge is 0.335 e. The maximum atomic E-state index is 10.9. The third kappa shape index (κ3) is 2.04. The van der Waals surface area contributed by atoms with Crippen LogP contribution in [0.3, 0.4) is 0 Å². The molecule has 0 aliphatic heterocycles. The third-order valence-corrected chi connectivity index (χ3v) is 3.62. The molecule has 3 N–H and O–H groups in total. The highest BCUT2D eigenvalue weighted by molar-refractivity contribution is 5.92. The number of oxazole rings is 1. The van der Waals surface area contributed by atoms with E-state index in [1.54, 1.807) is 6.07 Å². The number of anilines is 1. The second-order valence-electron chi connectivity index (χ2n) is 4.92. The van der Waals surface area contributed by atoms with Gasteiger partial charge in [0.2, 0.25) is 0 Å². The van der Waals surface area contributed by atoms with Gasteiger partial charge in [-0.25, -0.2) is 4.79 Å². The molecule has 1 saturated carbocycles. The number of carbonyl (C=O) groups is 1. The molecule has 0 amide bonds. The van der Waals surface area contributed by atoms with Gasteiger partial charge in [0.25, 0.3) is 6.01 Å². The molecule has 1 heterocycles. The quantitative estimate of drug-likeness (QED) is 0.778. The molecule has 3 rings (SSSR count). The number of carboxylic acids is 1. The number of benzene rings is 1. The Morgan fingerprint density at radius 2 is 2.26 bits per heavy atom. The van der Waals surface area contributed by atoms with Crippen LogP contribution in [0.4, 0.5) is 6.01 Å². The molecular formula is C13H14N2O4. The highest BCUT2D eigenvalue weighted by Crippen LogP contribution is 2.35. The van der Waals surface area contributed by atoms with E-state index < -0.39 is 5.97 Å². The van der Waals surface area contributed by atoms with Crippen molar-refractivity contribution >= 4 is 23.1 Å². The number of nitrogens with zero attached hydrogens (tertiary/aromatic N) is 1. The van der Waals surface area contributed by atoms with Crippen LogP contribution < -0.4 is 5.32 Å². The number of carboxylic acid groups (broad SMARTS) is 1. The van der Waals surface area contributed by atoms with Gasteiger partial charge in [-0.2, -0.15) is 4.98 Å². The molecule has 6 heteroatoms. The van der Waals surface area contributed by atoms with Crippen molar-refractivity contribution in [1.82, 2.24) is 4.98 Å². The third-order valence-electron chi connectivity index (χ3n) is 3.62. The van der Waals surface area contributed by atoms with Crippen LogP contribution in [0.1, 0.15) is 29.6 Å². The van der Waals surface area contributed by atoms with Gasteiger partial charge in [0, 0.05) is 0 Å². The number of aromatic nitrogens is 1. The van der Waals surface area contributed by atoms with Gasteiger partial charge in [-0.1, -0.05) is 0 Å². The maximum absolute atomic E-state index is 10.9. The minimum absolute atomic E-state index is 0.0338. The molecule has 1 aromatic carbocycles. The molecule has 6 nitrogen and oxygen atoms in total. The zero-order chi connectivity index (χ0) is 13.5. The maximum Gasteiger partial charge on any atom is 0.335 e. The van der Waals surface area contributed by atoms with Gasteiger partial charge >= 0.3 is 5.97 Å². The van der Waals surface area contributed by atoms with Crippen molar-refractivity contribution in [2.24, 2.45) is 0 Å². The lowest BCUT2D eigenvalue weighted by Crippen LogP contribution is -2.48. The Hall–Kier alpha value is -2.08. The Labute approximate surface area is 109 Å². The first kappa shape index (κ1) is 12.0. The molecule has 2 aromatic rings. The molecule has 0 bridgehead atoms. The van der Waals surface area contributed by atoms with Crippen LogP contribution in [-0.2, 0) is 0 Å². The van der Waals surface area contributed by atoms with E-state index in [-0.39, 0.29) is 17.7 Å². The minimum Gasteiger partial charge on any atom is -0.478 e. The van der Waals surface area contributed by atoms with E-state index in [9.17, 15) is 9.90 Å². The molecule has 0 spiro atoms. The number of aromatic carboxylic acids is 1. The van der Waals surface area contributed by atoms with Crippen LogP contribution in [0.5, 0.6) is 0 Å². The number of nitrogens with one attached hydrogen (secondary N) is 1. The summed E-state index contributed by atoms with van der Waals surface area (Å²) in [5.74, 6) is -1.00. The van der Waals surface area contributed by atoms with Crippen LogP contribution in [-0.4, -0.2) is 33.3 Å². The molecule has 1 aliphatic rings. The second-order valence-corrected chi connectivity index (χ2v) is 4.92. The van der Waals surface area contributed by atoms with Gasteiger partial charge in [-0.3, -0.25) is 0 Å². The first-order valence-corrected chi connectivity index (χ1v) is 6.15. The van der Waals surface area contributed by atoms with Crippen LogP contribution in [0.2, 0.25) is 0 Å². The Bertz CT molecular complexity index is 625. The lowest BCUT2D eigenvalue weighted by molar-refractivity contribution is 0.0697. The van der Waals surface area contributed by atoms with Crippen LogP contribution >= 0.6 is 0 Å². The largest absolute Gasteiger partial charge is 0.478 e. The van der Waals surface area contributed by atoms with Crippen molar-refractivity contribution in [3.8, 4) is 0 Å².